The number of halogens is 1. The third kappa shape index (κ3) is 3.64. The van der Waals surface area contributed by atoms with E-state index in [9.17, 15) is 4.79 Å². The van der Waals surface area contributed by atoms with Crippen LogP contribution in [0.5, 0.6) is 0 Å². The Morgan fingerprint density at radius 2 is 2.00 bits per heavy atom. The monoisotopic (exact) mass is 353 g/mol. The molecule has 0 saturated heterocycles. The number of aromatic nitrogens is 2. The minimum atomic E-state index is -0.0166. The van der Waals surface area contributed by atoms with Crippen LogP contribution in [0.1, 0.15) is 11.4 Å². The van der Waals surface area contributed by atoms with Gasteiger partial charge in [0.1, 0.15) is 0 Å². The molecule has 1 amide bonds. The van der Waals surface area contributed by atoms with Gasteiger partial charge in [0.15, 0.2) is 0 Å². The molecule has 0 spiro atoms. The van der Waals surface area contributed by atoms with E-state index in [4.69, 9.17) is 0 Å². The first-order valence-corrected chi connectivity index (χ1v) is 7.93. The third-order valence-corrected chi connectivity index (χ3v) is 4.50. The highest BCUT2D eigenvalue weighted by Gasteiger charge is 2.12. The third-order valence-electron chi connectivity index (χ3n) is 2.96. The molecule has 0 atom stereocenters. The van der Waals surface area contributed by atoms with Gasteiger partial charge < -0.3 is 5.32 Å². The predicted molar refractivity (Wildman–Crippen MR) is 86.2 cm³/mol. The Morgan fingerprint density at radius 3 is 2.55 bits per heavy atom. The number of nitrogens with zero attached hydrogens (tertiary/aromatic N) is 2. The van der Waals surface area contributed by atoms with Gasteiger partial charge >= 0.3 is 0 Å². The molecule has 0 bridgehead atoms. The second-order valence-corrected chi connectivity index (χ2v) is 6.42. The van der Waals surface area contributed by atoms with Gasteiger partial charge in [-0.1, -0.05) is 15.9 Å². The van der Waals surface area contributed by atoms with E-state index in [1.54, 1.807) is 4.68 Å². The number of carbonyl (C=O) groups excluding carboxylic acids is 1. The van der Waals surface area contributed by atoms with Crippen molar-refractivity contribution in [1.29, 1.82) is 0 Å². The molecular formula is C14H16BrN3OS. The Labute approximate surface area is 131 Å². The fraction of sp³-hybridized carbons (Fsp3) is 0.286. The summed E-state index contributed by atoms with van der Waals surface area (Å²) in [6.07, 6.45) is 0. The van der Waals surface area contributed by atoms with E-state index in [2.05, 4.69) is 26.3 Å². The van der Waals surface area contributed by atoms with Gasteiger partial charge in [0.05, 0.1) is 22.8 Å². The highest BCUT2D eigenvalue weighted by atomic mass is 79.9. The van der Waals surface area contributed by atoms with Crippen LogP contribution in [0.4, 0.5) is 5.69 Å². The lowest BCUT2D eigenvalue weighted by Crippen LogP contribution is -2.15. The number of amides is 1. The van der Waals surface area contributed by atoms with Crippen molar-refractivity contribution in [3.8, 4) is 0 Å². The first-order chi connectivity index (χ1) is 9.47. The molecule has 0 radical (unpaired) electrons. The summed E-state index contributed by atoms with van der Waals surface area (Å²) in [5, 5.41) is 7.21. The number of benzene rings is 1. The Morgan fingerprint density at radius 1 is 1.35 bits per heavy atom. The van der Waals surface area contributed by atoms with Gasteiger partial charge in [-0.3, -0.25) is 9.48 Å². The quantitative estimate of drug-likeness (QED) is 0.855. The lowest BCUT2D eigenvalue weighted by molar-refractivity contribution is -0.113. The molecule has 2 rings (SSSR count). The van der Waals surface area contributed by atoms with Crippen LogP contribution in [0, 0.1) is 13.8 Å². The zero-order valence-corrected chi connectivity index (χ0v) is 14.0. The maximum atomic E-state index is 12.0. The molecule has 0 aliphatic rings. The topological polar surface area (TPSA) is 46.9 Å². The fourth-order valence-electron chi connectivity index (χ4n) is 1.81. The lowest BCUT2D eigenvalue weighted by atomic mass is 10.3. The minimum absolute atomic E-state index is 0.0166. The van der Waals surface area contributed by atoms with Crippen LogP contribution < -0.4 is 5.32 Å². The summed E-state index contributed by atoms with van der Waals surface area (Å²) in [6.45, 7) is 3.84. The molecular weight excluding hydrogens is 338 g/mol. The zero-order chi connectivity index (χ0) is 14.7. The summed E-state index contributed by atoms with van der Waals surface area (Å²) < 4.78 is 2.81. The standard InChI is InChI=1S/C14H16BrN3OS/c1-9-14(10(2)18(3)17-9)16-13(19)8-20-12-6-4-11(15)5-7-12/h4-7H,8H2,1-3H3,(H,16,19). The van der Waals surface area contributed by atoms with Crippen molar-refractivity contribution in [2.45, 2.75) is 18.7 Å². The van der Waals surface area contributed by atoms with Crippen molar-refractivity contribution >= 4 is 39.3 Å². The second-order valence-electron chi connectivity index (χ2n) is 4.46. The van der Waals surface area contributed by atoms with Crippen molar-refractivity contribution in [2.24, 2.45) is 7.05 Å². The highest BCUT2D eigenvalue weighted by molar-refractivity contribution is 9.10. The number of nitrogens with one attached hydrogen (secondary N) is 1. The van der Waals surface area contributed by atoms with Crippen LogP contribution in [-0.4, -0.2) is 21.4 Å². The van der Waals surface area contributed by atoms with E-state index in [-0.39, 0.29) is 5.91 Å². The smallest absolute Gasteiger partial charge is 0.234 e. The summed E-state index contributed by atoms with van der Waals surface area (Å²) in [5.74, 6) is 0.368. The van der Waals surface area contributed by atoms with E-state index in [1.165, 1.54) is 11.8 Å². The molecule has 0 aliphatic carbocycles. The van der Waals surface area contributed by atoms with Crippen LogP contribution in [0.15, 0.2) is 33.6 Å². The Balaban J connectivity index is 1.94. The van der Waals surface area contributed by atoms with Gasteiger partial charge in [0, 0.05) is 16.4 Å². The largest absolute Gasteiger partial charge is 0.322 e. The number of rotatable bonds is 4. The van der Waals surface area contributed by atoms with Crippen molar-refractivity contribution in [2.75, 3.05) is 11.1 Å². The molecule has 0 unspecified atom stereocenters. The number of thioether (sulfide) groups is 1. The SMILES string of the molecule is Cc1nn(C)c(C)c1NC(=O)CSc1ccc(Br)cc1. The van der Waals surface area contributed by atoms with Crippen LogP contribution in [0.3, 0.4) is 0 Å². The van der Waals surface area contributed by atoms with Crippen molar-refractivity contribution < 1.29 is 4.79 Å². The van der Waals surface area contributed by atoms with Crippen molar-refractivity contribution in [3.05, 3.63) is 40.1 Å². The van der Waals surface area contributed by atoms with Crippen LogP contribution in [-0.2, 0) is 11.8 Å². The molecule has 1 aromatic carbocycles. The molecule has 6 heteroatoms. The summed E-state index contributed by atoms with van der Waals surface area (Å²) >= 11 is 4.91. The van der Waals surface area contributed by atoms with E-state index >= 15 is 0 Å². The van der Waals surface area contributed by atoms with Crippen LogP contribution >= 0.6 is 27.7 Å². The molecule has 1 heterocycles. The zero-order valence-electron chi connectivity index (χ0n) is 11.6. The summed E-state index contributed by atoms with van der Waals surface area (Å²) in [6, 6.07) is 7.91. The second kappa shape index (κ2) is 6.45. The molecule has 0 fully saturated rings. The first kappa shape index (κ1) is 15.1. The number of hydrogen-bond acceptors (Lipinski definition) is 3. The van der Waals surface area contributed by atoms with Gasteiger partial charge in [-0.2, -0.15) is 5.10 Å². The highest BCUT2D eigenvalue weighted by Crippen LogP contribution is 2.22. The molecule has 0 saturated carbocycles. The van der Waals surface area contributed by atoms with E-state index in [0.29, 0.717) is 5.75 Å². The Kier molecular flexibility index (Phi) is 4.88. The van der Waals surface area contributed by atoms with E-state index in [0.717, 1.165) is 26.4 Å². The van der Waals surface area contributed by atoms with Crippen molar-refractivity contribution in [1.82, 2.24) is 9.78 Å². The first-order valence-electron chi connectivity index (χ1n) is 6.16. The summed E-state index contributed by atoms with van der Waals surface area (Å²) in [4.78, 5) is 13.1. The average Bonchev–Trinajstić information content (AvgIpc) is 2.65. The minimum Gasteiger partial charge on any atom is -0.322 e. The van der Waals surface area contributed by atoms with Crippen molar-refractivity contribution in [3.63, 3.8) is 0 Å². The number of anilines is 1. The van der Waals surface area contributed by atoms with Gasteiger partial charge in [0.25, 0.3) is 0 Å². The fourth-order valence-corrected chi connectivity index (χ4v) is 2.77. The van der Waals surface area contributed by atoms with Crippen LogP contribution in [0.2, 0.25) is 0 Å². The Hall–Kier alpha value is -1.27. The normalized spacial score (nSPS) is 10.6. The summed E-state index contributed by atoms with van der Waals surface area (Å²) in [5.41, 5.74) is 2.62. The summed E-state index contributed by atoms with van der Waals surface area (Å²) in [7, 11) is 1.87. The number of hydrogen-bond donors (Lipinski definition) is 1. The predicted octanol–water partition coefficient (Wildman–Crippen LogP) is 3.53. The van der Waals surface area contributed by atoms with Gasteiger partial charge in [-0.05, 0) is 38.1 Å². The number of carbonyl (C=O) groups is 1. The molecule has 106 valence electrons. The maximum absolute atomic E-state index is 12.0. The molecule has 20 heavy (non-hydrogen) atoms. The molecule has 4 nitrogen and oxygen atoms in total. The number of aryl methyl sites for hydroxylation is 2. The Bertz CT molecular complexity index is 622. The van der Waals surface area contributed by atoms with Crippen LogP contribution in [0.25, 0.3) is 0 Å². The van der Waals surface area contributed by atoms with E-state index < -0.39 is 0 Å². The van der Waals surface area contributed by atoms with E-state index in [1.807, 2.05) is 45.2 Å². The lowest BCUT2D eigenvalue weighted by Gasteiger charge is -2.06. The average molecular weight is 354 g/mol. The molecule has 1 aromatic heterocycles. The maximum Gasteiger partial charge on any atom is 0.234 e. The van der Waals surface area contributed by atoms with Gasteiger partial charge in [-0.25, -0.2) is 0 Å². The molecule has 1 N–H and O–H groups in total. The van der Waals surface area contributed by atoms with Gasteiger partial charge in [0.2, 0.25) is 5.91 Å². The molecule has 2 aromatic rings. The molecule has 0 aliphatic heterocycles. The van der Waals surface area contributed by atoms with Gasteiger partial charge in [-0.15, -0.1) is 11.8 Å².